The van der Waals surface area contributed by atoms with Crippen molar-refractivity contribution in [1.82, 2.24) is 5.32 Å². The highest BCUT2D eigenvalue weighted by Crippen LogP contribution is 2.01. The number of rotatable bonds is 7. The van der Waals surface area contributed by atoms with Gasteiger partial charge in [0.25, 0.3) is 0 Å². The van der Waals surface area contributed by atoms with E-state index >= 15 is 0 Å². The number of allylic oxidation sites excluding steroid dienone is 1. The second-order valence-corrected chi connectivity index (χ2v) is 2.93. The maximum atomic E-state index is 3.72. The molecule has 0 fully saturated rings. The summed E-state index contributed by atoms with van der Waals surface area (Å²) in [5, 5.41) is 3.51. The van der Waals surface area contributed by atoms with Gasteiger partial charge < -0.3 is 5.32 Å². The third kappa shape index (κ3) is 6.11. The average molecular weight is 155 g/mol. The molecule has 0 aromatic carbocycles. The summed E-state index contributed by atoms with van der Waals surface area (Å²) in [4.78, 5) is 0. The van der Waals surface area contributed by atoms with Crippen LogP contribution in [0.4, 0.5) is 0 Å². The molecule has 11 heavy (non-hydrogen) atoms. The van der Waals surface area contributed by atoms with Gasteiger partial charge in [0.1, 0.15) is 0 Å². The molecule has 0 aromatic heterocycles. The standard InChI is InChI=1S/C10H21N/c1-4-7-8-10(6-3)11-9-5-2/h4,10-11H,1,5-9H2,2-3H3. The Morgan fingerprint density at radius 2 is 2.18 bits per heavy atom. The third-order valence-electron chi connectivity index (χ3n) is 1.90. The van der Waals surface area contributed by atoms with Crippen molar-refractivity contribution >= 4 is 0 Å². The van der Waals surface area contributed by atoms with Crippen molar-refractivity contribution in [2.45, 2.75) is 45.6 Å². The highest BCUT2D eigenvalue weighted by molar-refractivity contribution is 4.72. The minimum absolute atomic E-state index is 0.702. The van der Waals surface area contributed by atoms with Crippen molar-refractivity contribution in [3.8, 4) is 0 Å². The summed E-state index contributed by atoms with van der Waals surface area (Å²) in [5.41, 5.74) is 0. The lowest BCUT2D eigenvalue weighted by Gasteiger charge is -2.14. The highest BCUT2D eigenvalue weighted by Gasteiger charge is 2.01. The van der Waals surface area contributed by atoms with E-state index in [4.69, 9.17) is 0 Å². The molecule has 1 nitrogen and oxygen atoms in total. The monoisotopic (exact) mass is 155 g/mol. The zero-order valence-electron chi connectivity index (χ0n) is 7.90. The quantitative estimate of drug-likeness (QED) is 0.557. The lowest BCUT2D eigenvalue weighted by atomic mass is 10.1. The van der Waals surface area contributed by atoms with Crippen LogP contribution >= 0.6 is 0 Å². The molecule has 0 bridgehead atoms. The smallest absolute Gasteiger partial charge is 0.00673 e. The van der Waals surface area contributed by atoms with Gasteiger partial charge >= 0.3 is 0 Å². The lowest BCUT2D eigenvalue weighted by molar-refractivity contribution is 0.471. The molecule has 1 N–H and O–H groups in total. The van der Waals surface area contributed by atoms with Crippen molar-refractivity contribution in [3.63, 3.8) is 0 Å². The minimum Gasteiger partial charge on any atom is -0.314 e. The third-order valence-corrected chi connectivity index (χ3v) is 1.90. The normalized spacial score (nSPS) is 12.9. The minimum atomic E-state index is 0.702. The van der Waals surface area contributed by atoms with Crippen molar-refractivity contribution in [1.29, 1.82) is 0 Å². The summed E-state index contributed by atoms with van der Waals surface area (Å²) >= 11 is 0. The van der Waals surface area contributed by atoms with Crippen LogP contribution in [0.1, 0.15) is 39.5 Å². The van der Waals surface area contributed by atoms with Gasteiger partial charge in [-0.3, -0.25) is 0 Å². The van der Waals surface area contributed by atoms with Gasteiger partial charge in [-0.2, -0.15) is 0 Å². The summed E-state index contributed by atoms with van der Waals surface area (Å²) in [6.45, 7) is 9.30. The average Bonchev–Trinajstić information content (AvgIpc) is 2.05. The molecule has 0 rings (SSSR count). The lowest BCUT2D eigenvalue weighted by Crippen LogP contribution is -2.28. The molecule has 1 unspecified atom stereocenters. The summed E-state index contributed by atoms with van der Waals surface area (Å²) in [5.74, 6) is 0. The van der Waals surface area contributed by atoms with Gasteiger partial charge in [0.15, 0.2) is 0 Å². The van der Waals surface area contributed by atoms with Crippen LogP contribution in [0.25, 0.3) is 0 Å². The maximum absolute atomic E-state index is 3.72. The van der Waals surface area contributed by atoms with Gasteiger partial charge in [-0.05, 0) is 32.2 Å². The van der Waals surface area contributed by atoms with Crippen molar-refractivity contribution in [2.24, 2.45) is 0 Å². The van der Waals surface area contributed by atoms with Crippen molar-refractivity contribution in [3.05, 3.63) is 12.7 Å². The second-order valence-electron chi connectivity index (χ2n) is 2.93. The number of hydrogen-bond acceptors (Lipinski definition) is 1. The van der Waals surface area contributed by atoms with Crippen LogP contribution in [0.3, 0.4) is 0 Å². The molecule has 66 valence electrons. The Labute approximate surface area is 70.9 Å². The first-order valence-corrected chi connectivity index (χ1v) is 4.69. The molecule has 1 heteroatoms. The molecule has 0 radical (unpaired) electrons. The van der Waals surface area contributed by atoms with Crippen molar-refractivity contribution < 1.29 is 0 Å². The number of nitrogens with one attached hydrogen (secondary N) is 1. The second kappa shape index (κ2) is 7.80. The molecule has 0 aliphatic carbocycles. The van der Waals surface area contributed by atoms with Gasteiger partial charge in [0.05, 0.1) is 0 Å². The Kier molecular flexibility index (Phi) is 7.59. The number of hydrogen-bond donors (Lipinski definition) is 1. The molecular weight excluding hydrogens is 134 g/mol. The Morgan fingerprint density at radius 3 is 2.64 bits per heavy atom. The van der Waals surface area contributed by atoms with E-state index in [9.17, 15) is 0 Å². The van der Waals surface area contributed by atoms with Crippen LogP contribution in [0, 0.1) is 0 Å². The first-order chi connectivity index (χ1) is 5.35. The molecule has 1 atom stereocenters. The van der Waals surface area contributed by atoms with Gasteiger partial charge in [-0.1, -0.05) is 19.9 Å². The molecule has 0 amide bonds. The van der Waals surface area contributed by atoms with Crippen LogP contribution in [0.5, 0.6) is 0 Å². The van der Waals surface area contributed by atoms with Crippen LogP contribution in [-0.4, -0.2) is 12.6 Å². The van der Waals surface area contributed by atoms with E-state index in [1.165, 1.54) is 19.3 Å². The van der Waals surface area contributed by atoms with E-state index in [1.807, 2.05) is 6.08 Å². The van der Waals surface area contributed by atoms with E-state index in [2.05, 4.69) is 25.7 Å². The molecule has 0 heterocycles. The zero-order chi connectivity index (χ0) is 8.53. The molecule has 0 aliphatic heterocycles. The van der Waals surface area contributed by atoms with E-state index in [0.717, 1.165) is 13.0 Å². The van der Waals surface area contributed by atoms with Gasteiger partial charge in [0, 0.05) is 6.04 Å². The Bertz CT molecular complexity index is 88.9. The largest absolute Gasteiger partial charge is 0.314 e. The van der Waals surface area contributed by atoms with E-state index < -0.39 is 0 Å². The molecule has 0 aliphatic rings. The predicted molar refractivity (Wildman–Crippen MR) is 51.8 cm³/mol. The molecule has 0 aromatic rings. The first kappa shape index (κ1) is 10.7. The SMILES string of the molecule is C=CCCC(CC)NCCC. The molecule has 0 saturated heterocycles. The van der Waals surface area contributed by atoms with E-state index in [1.54, 1.807) is 0 Å². The summed E-state index contributed by atoms with van der Waals surface area (Å²) in [6, 6.07) is 0.702. The van der Waals surface area contributed by atoms with Crippen molar-refractivity contribution in [2.75, 3.05) is 6.54 Å². The Morgan fingerprint density at radius 1 is 1.45 bits per heavy atom. The van der Waals surface area contributed by atoms with E-state index in [0.29, 0.717) is 6.04 Å². The van der Waals surface area contributed by atoms with Crippen LogP contribution < -0.4 is 5.32 Å². The highest BCUT2D eigenvalue weighted by atomic mass is 14.9. The van der Waals surface area contributed by atoms with Gasteiger partial charge in [0.2, 0.25) is 0 Å². The maximum Gasteiger partial charge on any atom is 0.00673 e. The fourth-order valence-electron chi connectivity index (χ4n) is 1.12. The van der Waals surface area contributed by atoms with Crippen LogP contribution in [0.2, 0.25) is 0 Å². The Hall–Kier alpha value is -0.300. The van der Waals surface area contributed by atoms with Crippen LogP contribution in [0.15, 0.2) is 12.7 Å². The van der Waals surface area contributed by atoms with Gasteiger partial charge in [-0.25, -0.2) is 0 Å². The topological polar surface area (TPSA) is 12.0 Å². The molecule has 0 saturated carbocycles. The van der Waals surface area contributed by atoms with Gasteiger partial charge in [-0.15, -0.1) is 6.58 Å². The van der Waals surface area contributed by atoms with E-state index in [-0.39, 0.29) is 0 Å². The Balaban J connectivity index is 3.32. The fraction of sp³-hybridized carbons (Fsp3) is 0.800. The summed E-state index contributed by atoms with van der Waals surface area (Å²) in [6.07, 6.45) is 6.82. The summed E-state index contributed by atoms with van der Waals surface area (Å²) < 4.78 is 0. The first-order valence-electron chi connectivity index (χ1n) is 4.69. The predicted octanol–water partition coefficient (Wildman–Crippen LogP) is 2.73. The molecule has 0 spiro atoms. The zero-order valence-corrected chi connectivity index (χ0v) is 7.90. The molecular formula is C10H21N. The summed E-state index contributed by atoms with van der Waals surface area (Å²) in [7, 11) is 0. The fourth-order valence-corrected chi connectivity index (χ4v) is 1.12. The van der Waals surface area contributed by atoms with Crippen LogP contribution in [-0.2, 0) is 0 Å².